The third-order valence-corrected chi connectivity index (χ3v) is 0.957. The highest BCUT2D eigenvalue weighted by Crippen LogP contribution is 1.73. The van der Waals surface area contributed by atoms with E-state index in [1.807, 2.05) is 0 Å². The van der Waals surface area contributed by atoms with Crippen molar-refractivity contribution in [2.75, 3.05) is 13.1 Å². The molecule has 0 aromatic heterocycles. The van der Waals surface area contributed by atoms with Crippen LogP contribution in [0.2, 0.25) is 0 Å². The Morgan fingerprint density at radius 2 is 1.83 bits per heavy atom. The van der Waals surface area contributed by atoms with E-state index in [-0.39, 0.29) is 0 Å². The molecule has 0 atom stereocenters. The second-order valence-corrected chi connectivity index (χ2v) is 1.53. The molecule has 0 aromatic carbocycles. The molecule has 6 heavy (non-hydrogen) atoms. The summed E-state index contributed by atoms with van der Waals surface area (Å²) >= 11 is 0. The zero-order valence-electron chi connectivity index (χ0n) is 3.83. The van der Waals surface area contributed by atoms with Gasteiger partial charge in [-0.3, -0.25) is 0 Å². The van der Waals surface area contributed by atoms with Crippen LogP contribution < -0.4 is 10.5 Å². The van der Waals surface area contributed by atoms with Crippen LogP contribution in [0, 0.1) is 0 Å². The molecule has 1 saturated heterocycles. The molecular formula is C3H9BN2. The van der Waals surface area contributed by atoms with Crippen LogP contribution in [-0.2, 0) is 0 Å². The van der Waals surface area contributed by atoms with E-state index in [1.54, 1.807) is 0 Å². The maximum atomic E-state index is 3.17. The summed E-state index contributed by atoms with van der Waals surface area (Å²) in [6.45, 7) is 2.38. The molecule has 1 rings (SSSR count). The molecule has 3 heteroatoms. The van der Waals surface area contributed by atoms with Crippen LogP contribution in [0.15, 0.2) is 0 Å². The second-order valence-electron chi connectivity index (χ2n) is 1.53. The van der Waals surface area contributed by atoms with E-state index in [0.29, 0.717) is 0 Å². The van der Waals surface area contributed by atoms with E-state index in [1.165, 1.54) is 19.5 Å². The summed E-state index contributed by atoms with van der Waals surface area (Å²) in [6.07, 6.45) is 1.28. The van der Waals surface area contributed by atoms with Gasteiger partial charge in [-0.25, -0.2) is 0 Å². The van der Waals surface area contributed by atoms with Gasteiger partial charge < -0.3 is 10.5 Å². The van der Waals surface area contributed by atoms with Crippen molar-refractivity contribution < 1.29 is 0 Å². The Morgan fingerprint density at radius 3 is 2.00 bits per heavy atom. The van der Waals surface area contributed by atoms with Crippen LogP contribution in [0.1, 0.15) is 6.42 Å². The van der Waals surface area contributed by atoms with Gasteiger partial charge in [0.05, 0.1) is 0 Å². The summed E-state index contributed by atoms with van der Waals surface area (Å²) in [4.78, 5) is 0. The van der Waals surface area contributed by atoms with Gasteiger partial charge in [0.1, 0.15) is 0 Å². The van der Waals surface area contributed by atoms with Gasteiger partial charge in [-0.15, -0.1) is 0 Å². The number of nitrogens with one attached hydrogen (secondary N) is 2. The van der Waals surface area contributed by atoms with E-state index < -0.39 is 0 Å². The normalized spacial score (nSPS) is 22.7. The van der Waals surface area contributed by atoms with Crippen LogP contribution in [-0.4, -0.2) is 20.6 Å². The van der Waals surface area contributed by atoms with E-state index in [9.17, 15) is 0 Å². The lowest BCUT2D eigenvalue weighted by Gasteiger charge is -2.09. The molecule has 1 aliphatic heterocycles. The maximum absolute atomic E-state index is 3.17. The third kappa shape index (κ3) is 0.991. The highest BCUT2D eigenvalue weighted by molar-refractivity contribution is 6.28. The van der Waals surface area contributed by atoms with Crippen molar-refractivity contribution >= 4 is 7.55 Å². The van der Waals surface area contributed by atoms with E-state index in [2.05, 4.69) is 10.5 Å². The van der Waals surface area contributed by atoms with Gasteiger partial charge in [-0.05, 0) is 19.5 Å². The monoisotopic (exact) mass is 84.1 g/mol. The molecule has 0 amide bonds. The fraction of sp³-hybridized carbons (Fsp3) is 1.00. The fourth-order valence-corrected chi connectivity index (χ4v) is 0.604. The Bertz CT molecular complexity index is 24.3. The van der Waals surface area contributed by atoms with Crippen molar-refractivity contribution in [3.63, 3.8) is 0 Å². The van der Waals surface area contributed by atoms with Crippen molar-refractivity contribution in [3.05, 3.63) is 0 Å². The van der Waals surface area contributed by atoms with Crippen LogP contribution >= 0.6 is 0 Å². The van der Waals surface area contributed by atoms with Crippen LogP contribution in [0.5, 0.6) is 0 Å². The summed E-state index contributed by atoms with van der Waals surface area (Å²) in [7, 11) is 1.00. The lowest BCUT2D eigenvalue weighted by atomic mass is 10.1. The predicted octanol–water partition coefficient (Wildman–Crippen LogP) is -1.16. The van der Waals surface area contributed by atoms with E-state index >= 15 is 0 Å². The quantitative estimate of drug-likeness (QED) is 0.361. The Kier molecular flexibility index (Phi) is 1.53. The molecule has 2 nitrogen and oxygen atoms in total. The Hall–Kier alpha value is -0.0151. The van der Waals surface area contributed by atoms with Gasteiger partial charge in [0.25, 0.3) is 7.55 Å². The smallest absolute Gasteiger partial charge is 0.286 e. The molecule has 0 aromatic rings. The number of hydrogen-bond donors (Lipinski definition) is 2. The summed E-state index contributed by atoms with van der Waals surface area (Å²) in [5.41, 5.74) is 0. The molecule has 2 N–H and O–H groups in total. The van der Waals surface area contributed by atoms with Crippen LogP contribution in [0.25, 0.3) is 0 Å². The standard InChI is InChI=1S/C3H9BN2/c1-2-5-4-6-3-1/h4-6H,1-3H2. The first kappa shape index (κ1) is 4.15. The second kappa shape index (κ2) is 2.21. The van der Waals surface area contributed by atoms with E-state index in [4.69, 9.17) is 0 Å². The molecule has 0 radical (unpaired) electrons. The first-order valence-electron chi connectivity index (χ1n) is 2.41. The molecule has 0 spiro atoms. The molecule has 1 heterocycles. The molecule has 0 saturated carbocycles. The Labute approximate surface area is 38.6 Å². The molecule has 0 unspecified atom stereocenters. The van der Waals surface area contributed by atoms with Crippen molar-refractivity contribution in [2.45, 2.75) is 6.42 Å². The molecule has 1 fully saturated rings. The fourth-order valence-electron chi connectivity index (χ4n) is 0.604. The average Bonchev–Trinajstić information content (AvgIpc) is 1.72. The van der Waals surface area contributed by atoms with Crippen LogP contribution in [0.3, 0.4) is 0 Å². The van der Waals surface area contributed by atoms with Crippen LogP contribution in [0.4, 0.5) is 0 Å². The predicted molar refractivity (Wildman–Crippen MR) is 27.8 cm³/mol. The third-order valence-electron chi connectivity index (χ3n) is 0.957. The summed E-state index contributed by atoms with van der Waals surface area (Å²) in [6, 6.07) is 0. The molecule has 1 aliphatic rings. The van der Waals surface area contributed by atoms with Gasteiger partial charge in [0.15, 0.2) is 0 Å². The highest BCUT2D eigenvalue weighted by Gasteiger charge is 1.94. The lowest BCUT2D eigenvalue weighted by molar-refractivity contribution is 0.707. The SMILES string of the molecule is B1NCCCN1. The molecule has 0 bridgehead atoms. The largest absolute Gasteiger partial charge is 0.345 e. The molecule has 0 aliphatic carbocycles. The zero-order valence-corrected chi connectivity index (χ0v) is 3.83. The average molecular weight is 83.9 g/mol. The van der Waals surface area contributed by atoms with Gasteiger partial charge >= 0.3 is 0 Å². The molecule has 34 valence electrons. The first-order chi connectivity index (χ1) is 3.00. The summed E-state index contributed by atoms with van der Waals surface area (Å²) in [5.74, 6) is 0. The minimum atomic E-state index is 1.00. The van der Waals surface area contributed by atoms with Gasteiger partial charge in [0.2, 0.25) is 0 Å². The zero-order chi connectivity index (χ0) is 4.24. The van der Waals surface area contributed by atoms with Gasteiger partial charge in [0, 0.05) is 0 Å². The van der Waals surface area contributed by atoms with E-state index in [0.717, 1.165) is 7.55 Å². The van der Waals surface area contributed by atoms with Crippen molar-refractivity contribution in [1.82, 2.24) is 10.5 Å². The minimum absolute atomic E-state index is 1.00. The number of rotatable bonds is 0. The maximum Gasteiger partial charge on any atom is 0.286 e. The summed E-state index contributed by atoms with van der Waals surface area (Å²) in [5, 5.41) is 6.35. The van der Waals surface area contributed by atoms with Gasteiger partial charge in [-0.2, -0.15) is 0 Å². The van der Waals surface area contributed by atoms with Crippen molar-refractivity contribution in [3.8, 4) is 0 Å². The molecular weight excluding hydrogens is 74.9 g/mol. The summed E-state index contributed by atoms with van der Waals surface area (Å²) < 4.78 is 0. The van der Waals surface area contributed by atoms with Crippen molar-refractivity contribution in [1.29, 1.82) is 0 Å². The highest BCUT2D eigenvalue weighted by atomic mass is 14.9. The van der Waals surface area contributed by atoms with Crippen molar-refractivity contribution in [2.24, 2.45) is 0 Å². The Balaban J connectivity index is 2.00. The number of hydrogen-bond acceptors (Lipinski definition) is 2. The lowest BCUT2D eigenvalue weighted by Crippen LogP contribution is -2.40. The minimum Gasteiger partial charge on any atom is -0.345 e. The topological polar surface area (TPSA) is 24.1 Å². The first-order valence-corrected chi connectivity index (χ1v) is 2.41. The Morgan fingerprint density at radius 1 is 1.17 bits per heavy atom. The van der Waals surface area contributed by atoms with Gasteiger partial charge in [-0.1, -0.05) is 0 Å².